The molecule has 0 spiro atoms. The molecule has 1 fully saturated rings. The maximum atomic E-state index is 11.7. The molecule has 1 aliphatic heterocycles. The number of aromatic nitrogens is 1. The van der Waals surface area contributed by atoms with Crippen molar-refractivity contribution in [1.82, 2.24) is 14.4 Å². The predicted molar refractivity (Wildman–Crippen MR) is 142 cm³/mol. The first-order valence-corrected chi connectivity index (χ1v) is 12.4. The lowest BCUT2D eigenvalue weighted by Gasteiger charge is -2.34. The van der Waals surface area contributed by atoms with Crippen LogP contribution in [-0.4, -0.2) is 59.7 Å². The van der Waals surface area contributed by atoms with Gasteiger partial charge in [-0.2, -0.15) is 0 Å². The predicted octanol–water partition coefficient (Wildman–Crippen LogP) is 5.06. The number of hydrogen-bond acceptors (Lipinski definition) is 6. The number of ether oxygens (including phenoxy) is 2. The molecule has 0 atom stereocenters. The minimum absolute atomic E-state index is 0.0645. The number of aryl methyl sites for hydroxylation is 1. The number of fused-ring (bicyclic) bond motifs is 3. The van der Waals surface area contributed by atoms with Gasteiger partial charge in [-0.25, -0.2) is 0 Å². The number of piperazine rings is 1. The van der Waals surface area contributed by atoms with Gasteiger partial charge in [-0.1, -0.05) is 24.3 Å². The van der Waals surface area contributed by atoms with E-state index >= 15 is 0 Å². The van der Waals surface area contributed by atoms with Gasteiger partial charge in [0.15, 0.2) is 11.5 Å². The smallest absolute Gasteiger partial charge is 0.277 e. The molecule has 4 aromatic rings. The van der Waals surface area contributed by atoms with Crippen LogP contribution in [0, 0.1) is 10.1 Å². The molecular weight excluding hydrogens is 456 g/mol. The zero-order valence-corrected chi connectivity index (χ0v) is 21.1. The molecule has 8 heteroatoms. The highest BCUT2D eigenvalue weighted by molar-refractivity contribution is 6.08. The summed E-state index contributed by atoms with van der Waals surface area (Å²) in [7, 11) is 3.03. The van der Waals surface area contributed by atoms with Crippen LogP contribution < -0.4 is 9.47 Å². The molecule has 0 saturated carbocycles. The van der Waals surface area contributed by atoms with E-state index in [9.17, 15) is 10.1 Å². The van der Waals surface area contributed by atoms with E-state index in [-0.39, 0.29) is 10.6 Å². The number of para-hydroxylation sites is 1. The maximum Gasteiger partial charge on any atom is 0.277 e. The number of methoxy groups -OCH3 is 2. The summed E-state index contributed by atoms with van der Waals surface area (Å²) in [4.78, 5) is 16.0. The van der Waals surface area contributed by atoms with Crippen molar-refractivity contribution in [3.63, 3.8) is 0 Å². The highest BCUT2D eigenvalue weighted by Crippen LogP contribution is 2.35. The second kappa shape index (κ2) is 10.2. The van der Waals surface area contributed by atoms with E-state index in [4.69, 9.17) is 9.47 Å². The largest absolute Gasteiger partial charge is 0.493 e. The Balaban J connectivity index is 1.28. The highest BCUT2D eigenvalue weighted by Gasteiger charge is 2.24. The third kappa shape index (κ3) is 4.50. The molecule has 188 valence electrons. The second-order valence-electron chi connectivity index (χ2n) is 9.26. The van der Waals surface area contributed by atoms with E-state index in [0.717, 1.165) is 39.3 Å². The monoisotopic (exact) mass is 488 g/mol. The first-order valence-electron chi connectivity index (χ1n) is 12.4. The van der Waals surface area contributed by atoms with E-state index in [1.165, 1.54) is 40.5 Å². The van der Waals surface area contributed by atoms with Gasteiger partial charge in [-0.3, -0.25) is 19.9 Å². The number of nitro benzene ring substituents is 1. The Labute approximate surface area is 210 Å². The molecule has 3 aromatic carbocycles. The molecule has 0 N–H and O–H groups in total. The van der Waals surface area contributed by atoms with Gasteiger partial charge >= 0.3 is 0 Å². The van der Waals surface area contributed by atoms with Crippen LogP contribution in [0.1, 0.15) is 18.1 Å². The van der Waals surface area contributed by atoms with Crippen molar-refractivity contribution in [3.05, 3.63) is 75.8 Å². The summed E-state index contributed by atoms with van der Waals surface area (Å²) in [6.07, 6.45) is 0. The van der Waals surface area contributed by atoms with Crippen molar-refractivity contribution in [1.29, 1.82) is 0 Å². The Morgan fingerprint density at radius 1 is 0.833 bits per heavy atom. The van der Waals surface area contributed by atoms with Crippen LogP contribution >= 0.6 is 0 Å². The van der Waals surface area contributed by atoms with Crippen molar-refractivity contribution in [2.45, 2.75) is 26.6 Å². The molecule has 0 aliphatic carbocycles. The number of benzene rings is 3. The van der Waals surface area contributed by atoms with Gasteiger partial charge in [0.25, 0.3) is 5.69 Å². The van der Waals surface area contributed by atoms with Gasteiger partial charge < -0.3 is 14.0 Å². The molecule has 1 saturated heterocycles. The lowest BCUT2D eigenvalue weighted by molar-refractivity contribution is -0.385. The van der Waals surface area contributed by atoms with Crippen LogP contribution in [-0.2, 0) is 19.6 Å². The van der Waals surface area contributed by atoms with Crippen molar-refractivity contribution >= 4 is 27.5 Å². The average molecular weight is 489 g/mol. The van der Waals surface area contributed by atoms with E-state index in [0.29, 0.717) is 23.6 Å². The average Bonchev–Trinajstić information content (AvgIpc) is 3.22. The fourth-order valence-electron chi connectivity index (χ4n) is 5.35. The normalized spacial score (nSPS) is 15.0. The number of hydrogen-bond donors (Lipinski definition) is 0. The van der Waals surface area contributed by atoms with Crippen LogP contribution in [0.3, 0.4) is 0 Å². The molecule has 0 amide bonds. The Kier molecular flexibility index (Phi) is 6.80. The zero-order chi connectivity index (χ0) is 25.2. The molecule has 0 radical (unpaired) electrons. The minimum Gasteiger partial charge on any atom is -0.493 e. The lowest BCUT2D eigenvalue weighted by atomic mass is 10.1. The lowest BCUT2D eigenvalue weighted by Crippen LogP contribution is -2.45. The molecule has 8 nitrogen and oxygen atoms in total. The molecule has 0 bridgehead atoms. The number of rotatable bonds is 8. The summed E-state index contributed by atoms with van der Waals surface area (Å²) >= 11 is 0. The van der Waals surface area contributed by atoms with Crippen molar-refractivity contribution < 1.29 is 14.4 Å². The van der Waals surface area contributed by atoms with Crippen molar-refractivity contribution in [2.24, 2.45) is 0 Å². The Hall–Kier alpha value is -3.62. The Morgan fingerprint density at radius 3 is 2.14 bits per heavy atom. The van der Waals surface area contributed by atoms with Crippen LogP contribution in [0.5, 0.6) is 11.5 Å². The van der Waals surface area contributed by atoms with E-state index in [2.05, 4.69) is 63.8 Å². The van der Waals surface area contributed by atoms with Crippen LogP contribution in [0.25, 0.3) is 21.8 Å². The summed E-state index contributed by atoms with van der Waals surface area (Å²) in [5.41, 5.74) is 4.58. The minimum atomic E-state index is -0.348. The molecule has 5 rings (SSSR count). The molecule has 0 unspecified atom stereocenters. The standard InChI is InChI=1S/C28H32N4O4/c1-4-31-24-8-6-5-7-22(24)23-15-20(9-10-25(23)31)18-29-11-13-30(14-12-29)19-21-16-27(35-2)28(36-3)17-26(21)32(33)34/h5-10,15-17H,4,11-14,18-19H2,1-3H3. The molecule has 36 heavy (non-hydrogen) atoms. The van der Waals surface area contributed by atoms with E-state index in [1.807, 2.05) is 0 Å². The topological polar surface area (TPSA) is 73.0 Å². The Bertz CT molecular complexity index is 1410. The maximum absolute atomic E-state index is 11.7. The Morgan fingerprint density at radius 2 is 1.47 bits per heavy atom. The highest BCUT2D eigenvalue weighted by atomic mass is 16.6. The molecule has 2 heterocycles. The van der Waals surface area contributed by atoms with Crippen LogP contribution in [0.15, 0.2) is 54.6 Å². The first-order chi connectivity index (χ1) is 17.5. The third-order valence-corrected chi connectivity index (χ3v) is 7.20. The summed E-state index contributed by atoms with van der Waals surface area (Å²) in [6, 6.07) is 18.6. The number of nitro groups is 1. The van der Waals surface area contributed by atoms with Gasteiger partial charge in [-0.15, -0.1) is 0 Å². The molecule has 1 aromatic heterocycles. The SMILES string of the molecule is CCn1c2ccccc2c2cc(CN3CCN(Cc4cc(OC)c(OC)cc4[N+](=O)[O-])CC3)ccc21. The molecular formula is C28H32N4O4. The third-order valence-electron chi connectivity index (χ3n) is 7.20. The zero-order valence-electron chi connectivity index (χ0n) is 21.1. The van der Waals surface area contributed by atoms with Crippen molar-refractivity contribution in [2.75, 3.05) is 40.4 Å². The van der Waals surface area contributed by atoms with Gasteiger partial charge in [0.2, 0.25) is 0 Å². The second-order valence-corrected chi connectivity index (χ2v) is 9.26. The van der Waals surface area contributed by atoms with Crippen LogP contribution in [0.4, 0.5) is 5.69 Å². The van der Waals surface area contributed by atoms with Crippen molar-refractivity contribution in [3.8, 4) is 11.5 Å². The summed E-state index contributed by atoms with van der Waals surface area (Å²) in [5, 5.41) is 14.3. The fraction of sp³-hybridized carbons (Fsp3) is 0.357. The van der Waals surface area contributed by atoms with Gasteiger partial charge in [0, 0.05) is 73.2 Å². The summed E-state index contributed by atoms with van der Waals surface area (Å²) in [5.74, 6) is 0.883. The summed E-state index contributed by atoms with van der Waals surface area (Å²) < 4.78 is 13.0. The summed E-state index contributed by atoms with van der Waals surface area (Å²) in [6.45, 7) is 8.07. The quantitative estimate of drug-likeness (QED) is 0.255. The van der Waals surface area contributed by atoms with Gasteiger partial charge in [0.05, 0.1) is 25.2 Å². The van der Waals surface area contributed by atoms with Gasteiger partial charge in [-0.05, 0) is 36.8 Å². The number of nitrogens with zero attached hydrogens (tertiary/aromatic N) is 4. The van der Waals surface area contributed by atoms with Gasteiger partial charge in [0.1, 0.15) is 0 Å². The fourth-order valence-corrected chi connectivity index (χ4v) is 5.35. The van der Waals surface area contributed by atoms with E-state index in [1.54, 1.807) is 13.2 Å². The molecule has 1 aliphatic rings. The first kappa shape index (κ1) is 24.1. The van der Waals surface area contributed by atoms with E-state index < -0.39 is 0 Å². The van der Waals surface area contributed by atoms with Crippen LogP contribution in [0.2, 0.25) is 0 Å².